The number of carbonyl (C=O) groups excluding carboxylic acids is 1. The van der Waals surface area contributed by atoms with Crippen LogP contribution in [-0.2, 0) is 4.79 Å². The summed E-state index contributed by atoms with van der Waals surface area (Å²) in [5, 5.41) is 0. The van der Waals surface area contributed by atoms with Crippen LogP contribution in [0.15, 0.2) is 29.3 Å². The summed E-state index contributed by atoms with van der Waals surface area (Å²) in [6.07, 6.45) is 2.30. The van der Waals surface area contributed by atoms with Crippen LogP contribution in [0.4, 0.5) is 5.69 Å². The number of rotatable bonds is 1. The molecule has 0 N–H and O–H groups in total. The van der Waals surface area contributed by atoms with Crippen molar-refractivity contribution in [1.82, 2.24) is 0 Å². The van der Waals surface area contributed by atoms with E-state index < -0.39 is 0 Å². The van der Waals surface area contributed by atoms with Crippen LogP contribution in [0, 0.1) is 11.8 Å². The molecule has 0 fully saturated rings. The van der Waals surface area contributed by atoms with Gasteiger partial charge in [0.25, 0.3) is 0 Å². The lowest BCUT2D eigenvalue weighted by atomic mass is 10.2. The molecule has 0 aliphatic carbocycles. The quantitative estimate of drug-likeness (QED) is 0.362. The van der Waals surface area contributed by atoms with Gasteiger partial charge in [0.2, 0.25) is 6.08 Å². The highest BCUT2D eigenvalue weighted by Gasteiger charge is 1.94. The van der Waals surface area contributed by atoms with Crippen molar-refractivity contribution in [3.63, 3.8) is 0 Å². The predicted molar refractivity (Wildman–Crippen MR) is 51.4 cm³/mol. The summed E-state index contributed by atoms with van der Waals surface area (Å²) in [7, 11) is 0. The Bertz CT molecular complexity index is 392. The molecule has 1 rings (SSSR count). The molecule has 0 amide bonds. The number of benzene rings is 1. The fraction of sp³-hybridized carbons (Fsp3) is 0.182. The van der Waals surface area contributed by atoms with Crippen molar-refractivity contribution in [2.75, 3.05) is 0 Å². The molecule has 0 saturated carbocycles. The van der Waals surface area contributed by atoms with E-state index in [0.29, 0.717) is 5.69 Å². The van der Waals surface area contributed by atoms with Crippen molar-refractivity contribution in [2.45, 2.75) is 13.3 Å². The van der Waals surface area contributed by atoms with Gasteiger partial charge >= 0.3 is 0 Å². The Labute approximate surface area is 77.3 Å². The first-order chi connectivity index (χ1) is 6.38. The van der Waals surface area contributed by atoms with Gasteiger partial charge in [-0.05, 0) is 12.1 Å². The maximum absolute atomic E-state index is 10.1. The van der Waals surface area contributed by atoms with E-state index in [9.17, 15) is 4.79 Å². The molecule has 0 radical (unpaired) electrons. The minimum Gasteiger partial charge on any atom is -0.211 e. The maximum Gasteiger partial charge on any atom is 0.240 e. The Hall–Kier alpha value is -1.84. The first kappa shape index (κ1) is 9.25. The van der Waals surface area contributed by atoms with Crippen molar-refractivity contribution < 1.29 is 4.79 Å². The monoisotopic (exact) mass is 171 g/mol. The lowest BCUT2D eigenvalue weighted by Crippen LogP contribution is -1.74. The van der Waals surface area contributed by atoms with E-state index >= 15 is 0 Å². The molecule has 13 heavy (non-hydrogen) atoms. The topological polar surface area (TPSA) is 29.4 Å². The van der Waals surface area contributed by atoms with E-state index in [-0.39, 0.29) is 0 Å². The van der Waals surface area contributed by atoms with Crippen LogP contribution < -0.4 is 0 Å². The Morgan fingerprint density at radius 3 is 2.85 bits per heavy atom. The molecule has 0 atom stereocenters. The van der Waals surface area contributed by atoms with Crippen LogP contribution >= 0.6 is 0 Å². The van der Waals surface area contributed by atoms with Crippen molar-refractivity contribution >= 4 is 11.8 Å². The van der Waals surface area contributed by atoms with Crippen LogP contribution in [0.3, 0.4) is 0 Å². The smallest absolute Gasteiger partial charge is 0.211 e. The zero-order valence-electron chi connectivity index (χ0n) is 7.37. The van der Waals surface area contributed by atoms with Gasteiger partial charge in [0.1, 0.15) is 0 Å². The second-order valence-electron chi connectivity index (χ2n) is 2.38. The van der Waals surface area contributed by atoms with Gasteiger partial charge in [-0.2, -0.15) is 4.99 Å². The Kier molecular flexibility index (Phi) is 3.50. The van der Waals surface area contributed by atoms with Crippen molar-refractivity contribution in [1.29, 1.82) is 0 Å². The van der Waals surface area contributed by atoms with Crippen molar-refractivity contribution in [3.05, 3.63) is 29.8 Å². The lowest BCUT2D eigenvalue weighted by Gasteiger charge is -1.93. The molecular weight excluding hydrogens is 162 g/mol. The molecule has 1 aromatic carbocycles. The zero-order chi connectivity index (χ0) is 9.52. The molecule has 64 valence electrons. The fourth-order valence-electron chi connectivity index (χ4n) is 0.910. The maximum atomic E-state index is 10.1. The second-order valence-corrected chi connectivity index (χ2v) is 2.38. The molecule has 0 aliphatic rings. The zero-order valence-corrected chi connectivity index (χ0v) is 7.37. The Morgan fingerprint density at radius 2 is 2.15 bits per heavy atom. The third-order valence-electron chi connectivity index (χ3n) is 1.47. The number of para-hydroxylation sites is 1. The normalized spacial score (nSPS) is 8.08. The molecule has 2 nitrogen and oxygen atoms in total. The molecule has 0 aliphatic heterocycles. The van der Waals surface area contributed by atoms with Crippen molar-refractivity contribution in [3.8, 4) is 11.8 Å². The van der Waals surface area contributed by atoms with E-state index in [1.54, 1.807) is 6.07 Å². The Balaban J connectivity index is 3.11. The second kappa shape index (κ2) is 4.92. The summed E-state index contributed by atoms with van der Waals surface area (Å²) >= 11 is 0. The third kappa shape index (κ3) is 2.59. The highest BCUT2D eigenvalue weighted by Crippen LogP contribution is 2.16. The van der Waals surface area contributed by atoms with Gasteiger partial charge in [-0.15, -0.1) is 0 Å². The average molecular weight is 171 g/mol. The molecule has 0 saturated heterocycles. The molecular formula is C11H9NO. The van der Waals surface area contributed by atoms with Gasteiger partial charge < -0.3 is 0 Å². The summed E-state index contributed by atoms with van der Waals surface area (Å²) in [5.41, 5.74) is 1.35. The largest absolute Gasteiger partial charge is 0.240 e. The van der Waals surface area contributed by atoms with Crippen molar-refractivity contribution in [2.24, 2.45) is 4.99 Å². The number of isocyanates is 1. The van der Waals surface area contributed by atoms with E-state index in [0.717, 1.165) is 12.0 Å². The van der Waals surface area contributed by atoms with Crippen LogP contribution in [0.1, 0.15) is 18.9 Å². The minimum absolute atomic E-state index is 0.582. The molecule has 0 spiro atoms. The summed E-state index contributed by atoms with van der Waals surface area (Å²) in [5.74, 6) is 5.85. The van der Waals surface area contributed by atoms with Gasteiger partial charge in [-0.1, -0.05) is 30.9 Å². The standard InChI is InChI=1S/C11H9NO/c1-2-3-6-10-7-4-5-8-11(10)12-9-13/h4-5,7-8H,2H2,1H3. The highest BCUT2D eigenvalue weighted by atomic mass is 16.1. The molecule has 0 aromatic heterocycles. The molecule has 0 heterocycles. The number of hydrogen-bond acceptors (Lipinski definition) is 2. The third-order valence-corrected chi connectivity index (χ3v) is 1.47. The summed E-state index contributed by atoms with van der Waals surface area (Å²) < 4.78 is 0. The number of aliphatic imine (C=N–C) groups is 1. The molecule has 1 aromatic rings. The Morgan fingerprint density at radius 1 is 1.38 bits per heavy atom. The van der Waals surface area contributed by atoms with E-state index in [2.05, 4.69) is 16.8 Å². The van der Waals surface area contributed by atoms with E-state index in [1.165, 1.54) is 6.08 Å². The van der Waals surface area contributed by atoms with Crippen LogP contribution in [0.25, 0.3) is 0 Å². The first-order valence-corrected chi connectivity index (χ1v) is 4.04. The highest BCUT2D eigenvalue weighted by molar-refractivity contribution is 5.59. The fourth-order valence-corrected chi connectivity index (χ4v) is 0.910. The predicted octanol–water partition coefficient (Wildman–Crippen LogP) is 2.42. The molecule has 0 unspecified atom stereocenters. The summed E-state index contributed by atoms with van der Waals surface area (Å²) in [6.45, 7) is 1.97. The summed E-state index contributed by atoms with van der Waals surface area (Å²) in [6, 6.07) is 7.25. The van der Waals surface area contributed by atoms with Crippen LogP contribution in [0.2, 0.25) is 0 Å². The van der Waals surface area contributed by atoms with Crippen LogP contribution in [0.5, 0.6) is 0 Å². The van der Waals surface area contributed by atoms with E-state index in [1.807, 2.05) is 25.1 Å². The van der Waals surface area contributed by atoms with Gasteiger partial charge in [0, 0.05) is 6.42 Å². The van der Waals surface area contributed by atoms with E-state index in [4.69, 9.17) is 0 Å². The SMILES string of the molecule is CCC#Cc1ccccc1N=C=O. The van der Waals surface area contributed by atoms with Gasteiger partial charge in [0.05, 0.1) is 11.3 Å². The molecule has 2 heteroatoms. The first-order valence-electron chi connectivity index (χ1n) is 4.04. The molecule has 0 bridgehead atoms. The van der Waals surface area contributed by atoms with Gasteiger partial charge in [0.15, 0.2) is 0 Å². The van der Waals surface area contributed by atoms with Gasteiger partial charge in [-0.25, -0.2) is 4.79 Å². The lowest BCUT2D eigenvalue weighted by molar-refractivity contribution is 0.565. The number of hydrogen-bond donors (Lipinski definition) is 0. The number of nitrogens with zero attached hydrogens (tertiary/aromatic N) is 1. The average Bonchev–Trinajstić information content (AvgIpc) is 2.17. The minimum atomic E-state index is 0.582. The summed E-state index contributed by atoms with van der Waals surface area (Å²) in [4.78, 5) is 13.6. The van der Waals surface area contributed by atoms with Gasteiger partial charge in [-0.3, -0.25) is 0 Å². The van der Waals surface area contributed by atoms with Crippen LogP contribution in [-0.4, -0.2) is 6.08 Å².